The average molecular weight is 287 g/mol. The Morgan fingerprint density at radius 1 is 1.56 bits per heavy atom. The van der Waals surface area contributed by atoms with E-state index in [-0.39, 0.29) is 11.8 Å². The normalized spacial score (nSPS) is 12.7. The van der Waals surface area contributed by atoms with Gasteiger partial charge in [-0.2, -0.15) is 0 Å². The molecule has 0 aliphatic carbocycles. The fourth-order valence-corrected chi connectivity index (χ4v) is 2.39. The second kappa shape index (κ2) is 5.16. The van der Waals surface area contributed by atoms with E-state index in [9.17, 15) is 4.79 Å². The van der Waals surface area contributed by atoms with Gasteiger partial charge < -0.3 is 9.30 Å². The Morgan fingerprint density at radius 2 is 2.28 bits per heavy atom. The molecule has 0 N–H and O–H groups in total. The number of carbonyl (C=O) groups is 1. The molecule has 1 heterocycles. The van der Waals surface area contributed by atoms with Crippen molar-refractivity contribution in [2.75, 3.05) is 7.11 Å². The van der Waals surface area contributed by atoms with Crippen molar-refractivity contribution in [3.05, 3.63) is 29.0 Å². The fraction of sp³-hybridized carbons (Fsp3) is 0.333. The van der Waals surface area contributed by atoms with E-state index in [2.05, 4.69) is 4.98 Å². The van der Waals surface area contributed by atoms with E-state index in [0.29, 0.717) is 21.9 Å². The number of carbonyl (C=O) groups excluding carboxylic acids is 1. The molecule has 0 amide bonds. The molecule has 2 aromatic rings. The summed E-state index contributed by atoms with van der Waals surface area (Å²) in [7, 11) is 1.35. The van der Waals surface area contributed by atoms with E-state index < -0.39 is 6.04 Å². The van der Waals surface area contributed by atoms with E-state index >= 15 is 0 Å². The minimum Gasteiger partial charge on any atom is -0.467 e. The quantitative estimate of drug-likeness (QED) is 0.643. The summed E-state index contributed by atoms with van der Waals surface area (Å²) in [6.07, 6.45) is 0. The molecule has 1 atom stereocenters. The van der Waals surface area contributed by atoms with Gasteiger partial charge in [0.15, 0.2) is 0 Å². The van der Waals surface area contributed by atoms with E-state index in [1.807, 2.05) is 12.1 Å². The van der Waals surface area contributed by atoms with Crippen molar-refractivity contribution in [2.24, 2.45) is 0 Å². The Labute approximate surface area is 114 Å². The van der Waals surface area contributed by atoms with Gasteiger partial charge in [-0.25, -0.2) is 9.78 Å². The van der Waals surface area contributed by atoms with E-state index in [0.717, 1.165) is 0 Å². The third-order valence-electron chi connectivity index (χ3n) is 2.78. The number of halogens is 2. The molecular weight excluding hydrogens is 275 g/mol. The largest absolute Gasteiger partial charge is 0.467 e. The molecule has 1 unspecified atom stereocenters. The van der Waals surface area contributed by atoms with Crippen LogP contribution >= 0.6 is 23.2 Å². The SMILES string of the molecule is COC(=O)C(C)n1c(CCl)nc2cccc(Cl)c21. The summed E-state index contributed by atoms with van der Waals surface area (Å²) in [6, 6.07) is 4.87. The lowest BCUT2D eigenvalue weighted by atomic mass is 10.2. The summed E-state index contributed by atoms with van der Waals surface area (Å²) in [5.41, 5.74) is 1.42. The van der Waals surface area contributed by atoms with Crippen molar-refractivity contribution < 1.29 is 9.53 Å². The van der Waals surface area contributed by atoms with Gasteiger partial charge in [0.2, 0.25) is 0 Å². The van der Waals surface area contributed by atoms with Crippen LogP contribution < -0.4 is 0 Å². The van der Waals surface area contributed by atoms with Gasteiger partial charge in [-0.1, -0.05) is 17.7 Å². The molecule has 1 aromatic heterocycles. The lowest BCUT2D eigenvalue weighted by molar-refractivity contribution is -0.143. The fourth-order valence-electron chi connectivity index (χ4n) is 1.94. The molecule has 18 heavy (non-hydrogen) atoms. The maximum Gasteiger partial charge on any atom is 0.328 e. The number of hydrogen-bond acceptors (Lipinski definition) is 3. The van der Waals surface area contributed by atoms with Crippen LogP contribution in [0.25, 0.3) is 11.0 Å². The Hall–Kier alpha value is -1.26. The number of ether oxygens (including phenoxy) is 1. The van der Waals surface area contributed by atoms with Crippen LogP contribution in [0.4, 0.5) is 0 Å². The zero-order valence-corrected chi connectivity index (χ0v) is 11.5. The van der Waals surface area contributed by atoms with E-state index in [1.165, 1.54) is 7.11 Å². The predicted octanol–water partition coefficient (Wildman–Crippen LogP) is 3.16. The number of para-hydroxylation sites is 1. The summed E-state index contributed by atoms with van der Waals surface area (Å²) in [5.74, 6) is 0.435. The summed E-state index contributed by atoms with van der Waals surface area (Å²) in [5, 5.41) is 0.534. The number of nitrogens with zero attached hydrogens (tertiary/aromatic N) is 2. The first-order valence-corrected chi connectivity index (χ1v) is 6.30. The lowest BCUT2D eigenvalue weighted by Gasteiger charge is -2.15. The van der Waals surface area contributed by atoms with Gasteiger partial charge in [0.05, 0.1) is 29.0 Å². The van der Waals surface area contributed by atoms with Crippen LogP contribution in [0, 0.1) is 0 Å². The van der Waals surface area contributed by atoms with Gasteiger partial charge in [0.25, 0.3) is 0 Å². The first-order valence-electron chi connectivity index (χ1n) is 5.39. The average Bonchev–Trinajstić information content (AvgIpc) is 2.76. The first kappa shape index (κ1) is 13.2. The molecule has 2 rings (SSSR count). The molecule has 1 aromatic carbocycles. The Balaban J connectivity index is 2.70. The van der Waals surface area contributed by atoms with Crippen LogP contribution in [0.5, 0.6) is 0 Å². The van der Waals surface area contributed by atoms with Crippen LogP contribution in [-0.4, -0.2) is 22.6 Å². The number of methoxy groups -OCH3 is 1. The third-order valence-corrected chi connectivity index (χ3v) is 3.33. The third kappa shape index (κ3) is 2.06. The Bertz CT molecular complexity index is 595. The van der Waals surface area contributed by atoms with Crippen LogP contribution in [0.2, 0.25) is 5.02 Å². The highest BCUT2D eigenvalue weighted by molar-refractivity contribution is 6.35. The summed E-state index contributed by atoms with van der Waals surface area (Å²) in [4.78, 5) is 16.0. The molecule has 0 bridgehead atoms. The second-order valence-electron chi connectivity index (χ2n) is 3.84. The number of alkyl halides is 1. The highest BCUT2D eigenvalue weighted by Crippen LogP contribution is 2.28. The minimum atomic E-state index is -0.520. The van der Waals surface area contributed by atoms with Crippen LogP contribution in [0.3, 0.4) is 0 Å². The molecule has 0 aliphatic heterocycles. The highest BCUT2D eigenvalue weighted by atomic mass is 35.5. The summed E-state index contributed by atoms with van der Waals surface area (Å²) < 4.78 is 6.47. The van der Waals surface area contributed by atoms with Crippen molar-refractivity contribution in [3.63, 3.8) is 0 Å². The zero-order valence-electron chi connectivity index (χ0n) is 9.98. The van der Waals surface area contributed by atoms with Crippen molar-refractivity contribution in [1.82, 2.24) is 9.55 Å². The van der Waals surface area contributed by atoms with Crippen LogP contribution in [-0.2, 0) is 15.4 Å². The minimum absolute atomic E-state index is 0.201. The molecule has 4 nitrogen and oxygen atoms in total. The molecule has 0 spiro atoms. The number of benzene rings is 1. The number of aromatic nitrogens is 2. The Kier molecular flexibility index (Phi) is 3.78. The molecular formula is C12H12Cl2N2O2. The molecule has 0 fully saturated rings. The monoisotopic (exact) mass is 286 g/mol. The maximum atomic E-state index is 11.7. The summed E-state index contributed by atoms with van der Waals surface area (Å²) in [6.45, 7) is 1.73. The topological polar surface area (TPSA) is 44.1 Å². The molecule has 0 aliphatic rings. The molecule has 0 saturated heterocycles. The standard InChI is InChI=1S/C12H12Cl2N2O2/c1-7(12(17)18-2)16-10(6-13)15-9-5-3-4-8(14)11(9)16/h3-5,7H,6H2,1-2H3. The predicted molar refractivity (Wildman–Crippen MR) is 71.0 cm³/mol. The van der Waals surface area contributed by atoms with Crippen molar-refractivity contribution in [3.8, 4) is 0 Å². The Morgan fingerprint density at radius 3 is 2.89 bits per heavy atom. The number of esters is 1. The van der Waals surface area contributed by atoms with Gasteiger partial charge in [0, 0.05) is 0 Å². The molecule has 0 saturated carbocycles. The number of fused-ring (bicyclic) bond motifs is 1. The lowest BCUT2D eigenvalue weighted by Crippen LogP contribution is -2.19. The van der Waals surface area contributed by atoms with E-state index in [1.54, 1.807) is 17.6 Å². The van der Waals surface area contributed by atoms with E-state index in [4.69, 9.17) is 27.9 Å². The zero-order chi connectivity index (χ0) is 13.3. The van der Waals surface area contributed by atoms with Crippen molar-refractivity contribution in [2.45, 2.75) is 18.8 Å². The molecule has 6 heteroatoms. The maximum absolute atomic E-state index is 11.7. The van der Waals surface area contributed by atoms with Crippen molar-refractivity contribution >= 4 is 40.2 Å². The number of rotatable bonds is 3. The van der Waals surface area contributed by atoms with Gasteiger partial charge in [0.1, 0.15) is 11.9 Å². The van der Waals surface area contributed by atoms with Crippen molar-refractivity contribution in [1.29, 1.82) is 0 Å². The van der Waals surface area contributed by atoms with Gasteiger partial charge in [-0.05, 0) is 19.1 Å². The van der Waals surface area contributed by atoms with Gasteiger partial charge in [-0.15, -0.1) is 11.6 Å². The van der Waals surface area contributed by atoms with Gasteiger partial charge >= 0.3 is 5.97 Å². The number of hydrogen-bond donors (Lipinski definition) is 0. The van der Waals surface area contributed by atoms with Crippen LogP contribution in [0.15, 0.2) is 18.2 Å². The van der Waals surface area contributed by atoms with Crippen LogP contribution in [0.1, 0.15) is 18.8 Å². The number of imidazole rings is 1. The molecule has 96 valence electrons. The van der Waals surface area contributed by atoms with Gasteiger partial charge in [-0.3, -0.25) is 0 Å². The second-order valence-corrected chi connectivity index (χ2v) is 4.51. The smallest absolute Gasteiger partial charge is 0.328 e. The highest BCUT2D eigenvalue weighted by Gasteiger charge is 2.22. The molecule has 0 radical (unpaired) electrons. The summed E-state index contributed by atoms with van der Waals surface area (Å²) >= 11 is 12.0. The first-order chi connectivity index (χ1) is 8.60.